The third-order valence-electron chi connectivity index (χ3n) is 2.07. The Morgan fingerprint density at radius 2 is 2.08 bits per heavy atom. The lowest BCUT2D eigenvalue weighted by molar-refractivity contribution is 0.959. The Kier molecular flexibility index (Phi) is 3.04. The molecule has 0 spiro atoms. The van der Waals surface area contributed by atoms with Gasteiger partial charge in [-0.1, -0.05) is 0 Å². The Hall–Kier alpha value is -0.630. The molecule has 0 unspecified atom stereocenters. The molecule has 0 bridgehead atoms. The average Bonchev–Trinajstić information content (AvgIpc) is 2.03. The normalized spacial score (nSPS) is 10.0. The molecule has 12 heavy (non-hydrogen) atoms. The van der Waals surface area contributed by atoms with Gasteiger partial charge in [0.25, 0.3) is 0 Å². The van der Waals surface area contributed by atoms with Crippen molar-refractivity contribution in [3.05, 3.63) is 23.8 Å². The highest BCUT2D eigenvalue weighted by Gasteiger charge is 2.01. The van der Waals surface area contributed by atoms with Gasteiger partial charge in [-0.2, -0.15) is 0 Å². The van der Waals surface area contributed by atoms with Gasteiger partial charge >= 0.3 is 0 Å². The van der Waals surface area contributed by atoms with E-state index in [1.807, 2.05) is 6.07 Å². The van der Waals surface area contributed by atoms with Gasteiger partial charge in [-0.25, -0.2) is 0 Å². The molecule has 0 amide bonds. The lowest BCUT2D eigenvalue weighted by Crippen LogP contribution is -2.16. The van der Waals surface area contributed by atoms with Crippen LogP contribution in [0.4, 0.5) is 5.69 Å². The molecule has 0 heterocycles. The summed E-state index contributed by atoms with van der Waals surface area (Å²) in [6, 6.07) is 6.23. The molecule has 0 aliphatic carbocycles. The van der Waals surface area contributed by atoms with Crippen LogP contribution in [0, 0.1) is 6.92 Å². The summed E-state index contributed by atoms with van der Waals surface area (Å²) in [4.78, 5) is 3.25. The maximum atomic E-state index is 4.28. The minimum atomic E-state index is 1.03. The van der Waals surface area contributed by atoms with Crippen molar-refractivity contribution in [1.29, 1.82) is 0 Å². The van der Waals surface area contributed by atoms with E-state index in [1.165, 1.54) is 11.3 Å². The number of nitrogens with zero attached hydrogens (tertiary/aromatic N) is 1. The Morgan fingerprint density at radius 3 is 2.58 bits per heavy atom. The van der Waals surface area contributed by atoms with Crippen LogP contribution in [0.1, 0.15) is 12.5 Å². The van der Waals surface area contributed by atoms with Crippen LogP contribution < -0.4 is 4.90 Å². The van der Waals surface area contributed by atoms with Gasteiger partial charge in [-0.3, -0.25) is 0 Å². The SMILES string of the molecule is CCN(C)c1ccc(S)cc1C. The monoisotopic (exact) mass is 181 g/mol. The molecule has 0 N–H and O–H groups in total. The summed E-state index contributed by atoms with van der Waals surface area (Å²) in [6.45, 7) is 5.29. The van der Waals surface area contributed by atoms with Gasteiger partial charge in [0, 0.05) is 24.2 Å². The lowest BCUT2D eigenvalue weighted by Gasteiger charge is -2.19. The quantitative estimate of drug-likeness (QED) is 0.687. The summed E-state index contributed by atoms with van der Waals surface area (Å²) in [5.41, 5.74) is 2.57. The second-order valence-electron chi connectivity index (χ2n) is 2.98. The van der Waals surface area contributed by atoms with Crippen LogP contribution in [0.25, 0.3) is 0 Å². The molecule has 0 radical (unpaired) electrons. The highest BCUT2D eigenvalue weighted by molar-refractivity contribution is 7.80. The molecule has 0 saturated heterocycles. The number of rotatable bonds is 2. The number of thiol groups is 1. The molecule has 2 heteroatoms. The van der Waals surface area contributed by atoms with Gasteiger partial charge in [-0.05, 0) is 37.6 Å². The van der Waals surface area contributed by atoms with Crippen LogP contribution in [-0.2, 0) is 0 Å². The first-order valence-electron chi connectivity index (χ1n) is 4.16. The Morgan fingerprint density at radius 1 is 1.42 bits per heavy atom. The Labute approximate surface area is 79.8 Å². The summed E-state index contributed by atoms with van der Waals surface area (Å²) >= 11 is 4.28. The van der Waals surface area contributed by atoms with Crippen molar-refractivity contribution >= 4 is 18.3 Å². The van der Waals surface area contributed by atoms with Gasteiger partial charge < -0.3 is 4.90 Å². The van der Waals surface area contributed by atoms with Crippen LogP contribution in [0.2, 0.25) is 0 Å². The summed E-state index contributed by atoms with van der Waals surface area (Å²) < 4.78 is 0. The van der Waals surface area contributed by atoms with Crippen LogP contribution in [0.15, 0.2) is 23.1 Å². The van der Waals surface area contributed by atoms with E-state index in [0.29, 0.717) is 0 Å². The summed E-state index contributed by atoms with van der Waals surface area (Å²) in [6.07, 6.45) is 0. The molecule has 0 fully saturated rings. The van der Waals surface area contributed by atoms with Crippen LogP contribution >= 0.6 is 12.6 Å². The van der Waals surface area contributed by atoms with Crippen molar-refractivity contribution in [2.45, 2.75) is 18.7 Å². The smallest absolute Gasteiger partial charge is 0.0394 e. The molecular formula is C10H15NS. The van der Waals surface area contributed by atoms with Crippen molar-refractivity contribution < 1.29 is 0 Å². The Balaban J connectivity index is 3.01. The van der Waals surface area contributed by atoms with E-state index in [1.54, 1.807) is 0 Å². The topological polar surface area (TPSA) is 3.24 Å². The lowest BCUT2D eigenvalue weighted by atomic mass is 10.2. The van der Waals surface area contributed by atoms with E-state index in [9.17, 15) is 0 Å². The fourth-order valence-electron chi connectivity index (χ4n) is 1.24. The summed E-state index contributed by atoms with van der Waals surface area (Å²) in [7, 11) is 2.10. The third-order valence-corrected chi connectivity index (χ3v) is 2.34. The van der Waals surface area contributed by atoms with Gasteiger partial charge in [0.2, 0.25) is 0 Å². The van der Waals surface area contributed by atoms with E-state index >= 15 is 0 Å². The van der Waals surface area contributed by atoms with Crippen LogP contribution in [0.3, 0.4) is 0 Å². The van der Waals surface area contributed by atoms with Crippen molar-refractivity contribution in [2.75, 3.05) is 18.5 Å². The van der Waals surface area contributed by atoms with Crippen LogP contribution in [-0.4, -0.2) is 13.6 Å². The molecule has 1 rings (SSSR count). The van der Waals surface area contributed by atoms with Crippen molar-refractivity contribution in [3.8, 4) is 0 Å². The number of anilines is 1. The first-order chi connectivity index (χ1) is 5.65. The van der Waals surface area contributed by atoms with E-state index in [-0.39, 0.29) is 0 Å². The molecule has 0 aromatic heterocycles. The molecule has 1 aromatic rings. The molecule has 1 nitrogen and oxygen atoms in total. The molecule has 66 valence electrons. The predicted molar refractivity (Wildman–Crippen MR) is 57.4 cm³/mol. The Bertz CT molecular complexity index is 271. The van der Waals surface area contributed by atoms with Crippen molar-refractivity contribution in [2.24, 2.45) is 0 Å². The second-order valence-corrected chi connectivity index (χ2v) is 3.50. The average molecular weight is 181 g/mol. The number of hydrogen-bond acceptors (Lipinski definition) is 2. The van der Waals surface area contributed by atoms with E-state index in [2.05, 4.69) is 50.6 Å². The zero-order valence-corrected chi connectivity index (χ0v) is 8.73. The molecule has 0 atom stereocenters. The third kappa shape index (κ3) is 1.95. The molecule has 0 aliphatic rings. The van der Waals surface area contributed by atoms with E-state index in [4.69, 9.17) is 0 Å². The highest BCUT2D eigenvalue weighted by atomic mass is 32.1. The predicted octanol–water partition coefficient (Wildman–Crippen LogP) is 2.74. The maximum absolute atomic E-state index is 4.28. The minimum Gasteiger partial charge on any atom is -0.375 e. The largest absolute Gasteiger partial charge is 0.375 e. The maximum Gasteiger partial charge on any atom is 0.0394 e. The summed E-state index contributed by atoms with van der Waals surface area (Å²) in [5, 5.41) is 0. The minimum absolute atomic E-state index is 1.03. The highest BCUT2D eigenvalue weighted by Crippen LogP contribution is 2.21. The van der Waals surface area contributed by atoms with Gasteiger partial charge in [-0.15, -0.1) is 12.6 Å². The van der Waals surface area contributed by atoms with Gasteiger partial charge in [0.05, 0.1) is 0 Å². The number of benzene rings is 1. The molecular weight excluding hydrogens is 166 g/mol. The zero-order valence-electron chi connectivity index (χ0n) is 7.83. The van der Waals surface area contributed by atoms with E-state index < -0.39 is 0 Å². The molecule has 1 aromatic carbocycles. The van der Waals surface area contributed by atoms with Crippen molar-refractivity contribution in [3.63, 3.8) is 0 Å². The first-order valence-corrected chi connectivity index (χ1v) is 4.60. The standard InChI is InChI=1S/C10H15NS/c1-4-11(3)10-6-5-9(12)7-8(10)2/h5-7,12H,4H2,1-3H3. The zero-order chi connectivity index (χ0) is 9.14. The van der Waals surface area contributed by atoms with E-state index in [0.717, 1.165) is 11.4 Å². The second kappa shape index (κ2) is 3.85. The number of aryl methyl sites for hydroxylation is 1. The fourth-order valence-corrected chi connectivity index (χ4v) is 1.51. The number of hydrogen-bond donors (Lipinski definition) is 1. The van der Waals surface area contributed by atoms with Crippen molar-refractivity contribution in [1.82, 2.24) is 0 Å². The van der Waals surface area contributed by atoms with Gasteiger partial charge in [0.15, 0.2) is 0 Å². The summed E-state index contributed by atoms with van der Waals surface area (Å²) in [5.74, 6) is 0. The molecule has 0 saturated carbocycles. The molecule has 0 aliphatic heterocycles. The first kappa shape index (κ1) is 9.46. The van der Waals surface area contributed by atoms with Crippen LogP contribution in [0.5, 0.6) is 0 Å². The van der Waals surface area contributed by atoms with Gasteiger partial charge in [0.1, 0.15) is 0 Å². The fraction of sp³-hybridized carbons (Fsp3) is 0.400.